The van der Waals surface area contributed by atoms with Crippen LogP contribution < -0.4 is 11.1 Å². The molecule has 1 saturated carbocycles. The van der Waals surface area contributed by atoms with Gasteiger partial charge in [-0.3, -0.25) is 0 Å². The number of nitrogens with one attached hydrogen (secondary N) is 1. The number of hydrogen-bond donors (Lipinski definition) is 2. The van der Waals surface area contributed by atoms with E-state index in [2.05, 4.69) is 5.32 Å². The van der Waals surface area contributed by atoms with Crippen LogP contribution in [0.3, 0.4) is 0 Å². The molecule has 3 N–H and O–H groups in total. The SMILES string of the molecule is NC1CCCCC1Nc1ccc(S(=O)(=O)C(F)(F)F)cc1. The van der Waals surface area contributed by atoms with E-state index in [1.165, 1.54) is 12.1 Å². The zero-order valence-corrected chi connectivity index (χ0v) is 12.0. The average molecular weight is 322 g/mol. The minimum Gasteiger partial charge on any atom is -0.381 e. The molecule has 8 heteroatoms. The maximum absolute atomic E-state index is 12.4. The summed E-state index contributed by atoms with van der Waals surface area (Å²) in [6, 6.07) is 4.64. The number of benzene rings is 1. The van der Waals surface area contributed by atoms with Crippen molar-refractivity contribution < 1.29 is 21.6 Å². The third kappa shape index (κ3) is 3.49. The minimum atomic E-state index is -5.29. The first-order valence-electron chi connectivity index (χ1n) is 6.65. The molecule has 2 rings (SSSR count). The summed E-state index contributed by atoms with van der Waals surface area (Å²) in [6.45, 7) is 0. The molecule has 1 fully saturated rings. The minimum absolute atomic E-state index is 0.00247. The van der Waals surface area contributed by atoms with E-state index < -0.39 is 20.2 Å². The Morgan fingerprint density at radius 3 is 2.19 bits per heavy atom. The van der Waals surface area contributed by atoms with Gasteiger partial charge in [0.25, 0.3) is 9.84 Å². The van der Waals surface area contributed by atoms with Gasteiger partial charge in [-0.2, -0.15) is 13.2 Å². The van der Waals surface area contributed by atoms with Crippen molar-refractivity contribution in [2.75, 3.05) is 5.32 Å². The van der Waals surface area contributed by atoms with E-state index >= 15 is 0 Å². The van der Waals surface area contributed by atoms with Gasteiger partial charge in [-0.1, -0.05) is 12.8 Å². The first-order chi connectivity index (χ1) is 9.72. The van der Waals surface area contributed by atoms with E-state index in [1.54, 1.807) is 0 Å². The van der Waals surface area contributed by atoms with Crippen LogP contribution in [0.1, 0.15) is 25.7 Å². The molecular formula is C13H17F3N2O2S. The van der Waals surface area contributed by atoms with Crippen LogP contribution in [0.5, 0.6) is 0 Å². The lowest BCUT2D eigenvalue weighted by Gasteiger charge is -2.30. The smallest absolute Gasteiger partial charge is 0.381 e. The predicted octanol–water partition coefficient (Wildman–Crippen LogP) is 2.66. The Morgan fingerprint density at radius 2 is 1.67 bits per heavy atom. The molecule has 2 unspecified atom stereocenters. The van der Waals surface area contributed by atoms with Crippen molar-refractivity contribution in [1.29, 1.82) is 0 Å². The highest BCUT2D eigenvalue weighted by Gasteiger charge is 2.46. The fourth-order valence-corrected chi connectivity index (χ4v) is 3.18. The van der Waals surface area contributed by atoms with Gasteiger partial charge in [0.1, 0.15) is 0 Å². The van der Waals surface area contributed by atoms with E-state index in [4.69, 9.17) is 5.73 Å². The number of sulfone groups is 1. The first-order valence-corrected chi connectivity index (χ1v) is 8.13. The summed E-state index contributed by atoms with van der Waals surface area (Å²) >= 11 is 0. The van der Waals surface area contributed by atoms with Gasteiger partial charge in [-0.15, -0.1) is 0 Å². The number of hydrogen-bond acceptors (Lipinski definition) is 4. The summed E-state index contributed by atoms with van der Waals surface area (Å²) in [4.78, 5) is -0.756. The third-order valence-electron chi connectivity index (χ3n) is 3.64. The summed E-state index contributed by atoms with van der Waals surface area (Å²) in [7, 11) is -5.29. The highest BCUT2D eigenvalue weighted by atomic mass is 32.2. The lowest BCUT2D eigenvalue weighted by molar-refractivity contribution is -0.0436. The van der Waals surface area contributed by atoms with Crippen molar-refractivity contribution in [1.82, 2.24) is 0 Å². The van der Waals surface area contributed by atoms with Gasteiger partial charge in [0, 0.05) is 17.8 Å². The van der Waals surface area contributed by atoms with Gasteiger partial charge in [0.2, 0.25) is 0 Å². The van der Waals surface area contributed by atoms with Crippen LogP contribution in [-0.4, -0.2) is 26.0 Å². The van der Waals surface area contributed by atoms with Crippen LogP contribution in [0.4, 0.5) is 18.9 Å². The van der Waals surface area contributed by atoms with Gasteiger partial charge < -0.3 is 11.1 Å². The Morgan fingerprint density at radius 1 is 1.10 bits per heavy atom. The van der Waals surface area contributed by atoms with Crippen molar-refractivity contribution >= 4 is 15.5 Å². The second-order valence-electron chi connectivity index (χ2n) is 5.17. The molecule has 0 saturated heterocycles. The quantitative estimate of drug-likeness (QED) is 0.897. The maximum atomic E-state index is 12.4. The van der Waals surface area contributed by atoms with Gasteiger partial charge in [-0.05, 0) is 37.1 Å². The molecule has 0 heterocycles. The Bertz CT molecular complexity index is 584. The molecule has 0 aliphatic heterocycles. The lowest BCUT2D eigenvalue weighted by Crippen LogP contribution is -2.42. The van der Waals surface area contributed by atoms with E-state index in [-0.39, 0.29) is 12.1 Å². The van der Waals surface area contributed by atoms with Crippen LogP contribution in [-0.2, 0) is 9.84 Å². The normalized spacial score (nSPS) is 23.8. The molecule has 1 aromatic rings. The summed E-state index contributed by atoms with van der Waals surface area (Å²) < 4.78 is 59.8. The standard InChI is InChI=1S/C13H17F3N2O2S/c14-13(15,16)21(19,20)10-7-5-9(6-8-10)18-12-4-2-1-3-11(12)17/h5-8,11-12,18H,1-4,17H2. The summed E-state index contributed by atoms with van der Waals surface area (Å²) in [6.07, 6.45) is 3.91. The van der Waals surface area contributed by atoms with Crippen molar-refractivity contribution in [3.8, 4) is 0 Å². The average Bonchev–Trinajstić information content (AvgIpc) is 2.41. The highest BCUT2D eigenvalue weighted by Crippen LogP contribution is 2.31. The van der Waals surface area contributed by atoms with E-state index in [1.807, 2.05) is 0 Å². The predicted molar refractivity (Wildman–Crippen MR) is 73.5 cm³/mol. The zero-order valence-electron chi connectivity index (χ0n) is 11.2. The number of alkyl halides is 3. The van der Waals surface area contributed by atoms with Crippen LogP contribution in [0.15, 0.2) is 29.2 Å². The van der Waals surface area contributed by atoms with Crippen molar-refractivity contribution in [2.24, 2.45) is 5.73 Å². The molecule has 118 valence electrons. The molecule has 1 aromatic carbocycles. The molecule has 2 atom stereocenters. The third-order valence-corrected chi connectivity index (χ3v) is 5.14. The molecule has 4 nitrogen and oxygen atoms in total. The number of rotatable bonds is 3. The number of halogens is 3. The fraction of sp³-hybridized carbons (Fsp3) is 0.538. The molecule has 0 bridgehead atoms. The van der Waals surface area contributed by atoms with Gasteiger partial charge in [0.05, 0.1) is 4.90 Å². The molecule has 0 aromatic heterocycles. The van der Waals surface area contributed by atoms with E-state index in [0.29, 0.717) is 5.69 Å². The van der Waals surface area contributed by atoms with Gasteiger partial charge in [0.15, 0.2) is 0 Å². The Kier molecular flexibility index (Phi) is 4.48. The number of nitrogens with two attached hydrogens (primary N) is 1. The highest BCUT2D eigenvalue weighted by molar-refractivity contribution is 7.92. The van der Waals surface area contributed by atoms with Gasteiger partial charge in [-0.25, -0.2) is 8.42 Å². The van der Waals surface area contributed by atoms with Crippen molar-refractivity contribution in [2.45, 2.75) is 48.2 Å². The fourth-order valence-electron chi connectivity index (χ4n) is 2.42. The lowest BCUT2D eigenvalue weighted by atomic mass is 9.91. The topological polar surface area (TPSA) is 72.2 Å². The van der Waals surface area contributed by atoms with Gasteiger partial charge >= 0.3 is 5.51 Å². The number of anilines is 1. The molecule has 0 radical (unpaired) electrons. The van der Waals surface area contributed by atoms with Crippen LogP contribution >= 0.6 is 0 Å². The second-order valence-corrected chi connectivity index (χ2v) is 7.11. The molecular weight excluding hydrogens is 305 g/mol. The summed E-state index contributed by atoms with van der Waals surface area (Å²) in [5, 5.41) is 3.15. The summed E-state index contributed by atoms with van der Waals surface area (Å²) in [5.41, 5.74) is 1.26. The summed E-state index contributed by atoms with van der Waals surface area (Å²) in [5.74, 6) is 0. The Balaban J connectivity index is 2.13. The molecule has 1 aliphatic rings. The zero-order chi connectivity index (χ0) is 15.7. The van der Waals surface area contributed by atoms with Crippen LogP contribution in [0.25, 0.3) is 0 Å². The van der Waals surface area contributed by atoms with E-state index in [0.717, 1.165) is 37.8 Å². The second kappa shape index (κ2) is 5.84. The van der Waals surface area contributed by atoms with Crippen molar-refractivity contribution in [3.63, 3.8) is 0 Å². The molecule has 0 amide bonds. The molecule has 21 heavy (non-hydrogen) atoms. The van der Waals surface area contributed by atoms with Crippen molar-refractivity contribution in [3.05, 3.63) is 24.3 Å². The first kappa shape index (κ1) is 16.1. The maximum Gasteiger partial charge on any atom is 0.501 e. The van der Waals surface area contributed by atoms with Crippen LogP contribution in [0, 0.1) is 0 Å². The Hall–Kier alpha value is -1.28. The van der Waals surface area contributed by atoms with Crippen LogP contribution in [0.2, 0.25) is 0 Å². The Labute approximate surface area is 121 Å². The largest absolute Gasteiger partial charge is 0.501 e. The van der Waals surface area contributed by atoms with E-state index in [9.17, 15) is 21.6 Å². The molecule has 1 aliphatic carbocycles. The monoisotopic (exact) mass is 322 g/mol. The molecule has 0 spiro atoms.